The number of fused-ring (bicyclic) bond motifs is 3. The van der Waals surface area contributed by atoms with E-state index in [4.69, 9.17) is 4.42 Å². The molecule has 0 bridgehead atoms. The zero-order valence-corrected chi connectivity index (χ0v) is 53.3. The first kappa shape index (κ1) is 57.3. The van der Waals surface area contributed by atoms with Gasteiger partial charge in [-0.3, -0.25) is 0 Å². The van der Waals surface area contributed by atoms with Gasteiger partial charge in [-0.25, -0.2) is 0 Å². The number of anilines is 6. The number of aryl methyl sites for hydroxylation is 2. The van der Waals surface area contributed by atoms with Crippen molar-refractivity contribution in [2.24, 2.45) is 0 Å². The summed E-state index contributed by atoms with van der Waals surface area (Å²) >= 11 is 0. The molecular formula is C86H82N2O2. The van der Waals surface area contributed by atoms with Crippen molar-refractivity contribution in [2.75, 3.05) is 9.80 Å². The number of phenolic OH excluding ortho intramolecular Hbond substituents is 1. The maximum atomic E-state index is 13.3. The van der Waals surface area contributed by atoms with Crippen LogP contribution >= 0.6 is 0 Å². The summed E-state index contributed by atoms with van der Waals surface area (Å²) in [7, 11) is 0. The van der Waals surface area contributed by atoms with Gasteiger partial charge in [0, 0.05) is 44.0 Å². The highest BCUT2D eigenvalue weighted by Gasteiger charge is 2.32. The number of hydrogen-bond acceptors (Lipinski definition) is 4. The monoisotopic (exact) mass is 1170 g/mol. The Morgan fingerprint density at radius 3 is 1.40 bits per heavy atom. The van der Waals surface area contributed by atoms with E-state index in [1.807, 2.05) is 0 Å². The van der Waals surface area contributed by atoms with Crippen LogP contribution < -0.4 is 9.80 Å². The topological polar surface area (TPSA) is 39.9 Å². The number of rotatable bonds is 15. The second kappa shape index (κ2) is 24.0. The Morgan fingerprint density at radius 2 is 0.822 bits per heavy atom. The molecule has 0 atom stereocenters. The van der Waals surface area contributed by atoms with Gasteiger partial charge in [-0.2, -0.15) is 0 Å². The molecule has 2 saturated carbocycles. The molecule has 0 saturated heterocycles. The maximum Gasteiger partial charge on any atom is 0.159 e. The average molecular weight is 1180 g/mol. The molecule has 448 valence electrons. The fourth-order valence-corrected chi connectivity index (χ4v) is 15.9. The zero-order valence-electron chi connectivity index (χ0n) is 53.3. The molecule has 2 aliphatic rings. The molecule has 12 aromatic carbocycles. The number of para-hydroxylation sites is 3. The Bertz CT molecular complexity index is 4820. The van der Waals surface area contributed by atoms with Gasteiger partial charge in [0.05, 0.1) is 22.7 Å². The van der Waals surface area contributed by atoms with Crippen LogP contribution in [-0.4, -0.2) is 5.11 Å². The predicted molar refractivity (Wildman–Crippen MR) is 383 cm³/mol. The van der Waals surface area contributed by atoms with E-state index in [0.29, 0.717) is 23.7 Å². The highest BCUT2D eigenvalue weighted by molar-refractivity contribution is 6.30. The summed E-state index contributed by atoms with van der Waals surface area (Å²) in [6.45, 7) is 13.6. The Hall–Kier alpha value is -9.12. The summed E-state index contributed by atoms with van der Waals surface area (Å²) in [6, 6.07) is 79.6. The van der Waals surface area contributed by atoms with Crippen LogP contribution in [0.1, 0.15) is 163 Å². The molecule has 90 heavy (non-hydrogen) atoms. The third-order valence-corrected chi connectivity index (χ3v) is 20.7. The summed E-state index contributed by atoms with van der Waals surface area (Å²) in [5.74, 6) is 1.66. The molecule has 0 spiro atoms. The van der Waals surface area contributed by atoms with Crippen molar-refractivity contribution in [3.63, 3.8) is 0 Å². The van der Waals surface area contributed by atoms with E-state index in [9.17, 15) is 5.11 Å². The van der Waals surface area contributed by atoms with Crippen LogP contribution in [0, 0.1) is 0 Å². The van der Waals surface area contributed by atoms with Gasteiger partial charge in [0.15, 0.2) is 5.58 Å². The molecule has 2 aliphatic carbocycles. The van der Waals surface area contributed by atoms with Gasteiger partial charge in [-0.1, -0.05) is 238 Å². The number of furan rings is 1. The lowest BCUT2D eigenvalue weighted by Crippen LogP contribution is -2.15. The van der Waals surface area contributed by atoms with E-state index in [1.54, 1.807) is 0 Å². The molecule has 0 aliphatic heterocycles. The van der Waals surface area contributed by atoms with Gasteiger partial charge in [0.25, 0.3) is 0 Å². The molecule has 0 radical (unpaired) electrons. The molecule has 1 N–H and O–H groups in total. The second-order valence-electron chi connectivity index (χ2n) is 26.6. The summed E-state index contributed by atoms with van der Waals surface area (Å²) in [4.78, 5) is 4.99. The highest BCUT2D eigenvalue weighted by Crippen LogP contribution is 2.56. The first-order chi connectivity index (χ1) is 44.1. The molecule has 2 fully saturated rings. The standard InChI is InChI=1S/C86H82N2O2/c1-7-56-25-15-17-37-66(56)62-33-19-34-63(49-62)68-39-23-43-78(84(68)89)87(64-35-20-31-60(50-64)54(3)4)80-52-76(58-27-11-9-12-28-58)69-46-48-75-81(53-77(59-29-13-10-14-30-59)70-45-47-74(80)82(69)83(70)75)88(65-36-21-32-61(51-65)55(5)6)79-44-24-42-73-72-41-22-40-71(85(72)90-86(73)79)67-38-18-16-26-57(67)8-2/h15-26,31-55,58-59,89H,7-14,27-30H2,1-6H3. The van der Waals surface area contributed by atoms with Crippen LogP contribution in [0.4, 0.5) is 34.1 Å². The lowest BCUT2D eigenvalue weighted by atomic mass is 9.77. The minimum absolute atomic E-state index is 0.265. The van der Waals surface area contributed by atoms with Crippen LogP contribution in [0.15, 0.2) is 217 Å². The van der Waals surface area contributed by atoms with Crippen molar-refractivity contribution in [1.29, 1.82) is 0 Å². The number of phenols is 1. The highest BCUT2D eigenvalue weighted by atomic mass is 16.3. The molecule has 1 aromatic heterocycles. The summed E-state index contributed by atoms with van der Waals surface area (Å²) in [5, 5.41) is 23.3. The maximum absolute atomic E-state index is 13.3. The fourth-order valence-electron chi connectivity index (χ4n) is 15.9. The minimum Gasteiger partial charge on any atom is -0.505 e. The third kappa shape index (κ3) is 9.99. The molecule has 13 aromatic rings. The molecule has 0 unspecified atom stereocenters. The summed E-state index contributed by atoms with van der Waals surface area (Å²) < 4.78 is 7.49. The zero-order chi connectivity index (χ0) is 61.1. The van der Waals surface area contributed by atoms with Gasteiger partial charge in [0.2, 0.25) is 0 Å². The van der Waals surface area contributed by atoms with Gasteiger partial charge in [-0.15, -0.1) is 0 Å². The van der Waals surface area contributed by atoms with Crippen LogP contribution in [-0.2, 0) is 12.8 Å². The van der Waals surface area contributed by atoms with Crippen molar-refractivity contribution >= 4 is 88.4 Å². The van der Waals surface area contributed by atoms with E-state index in [2.05, 4.69) is 264 Å². The second-order valence-corrected chi connectivity index (χ2v) is 26.6. The van der Waals surface area contributed by atoms with Crippen molar-refractivity contribution in [3.8, 4) is 39.1 Å². The van der Waals surface area contributed by atoms with Crippen molar-refractivity contribution in [1.82, 2.24) is 0 Å². The molecule has 4 nitrogen and oxygen atoms in total. The van der Waals surface area contributed by atoms with Crippen LogP contribution in [0.2, 0.25) is 0 Å². The van der Waals surface area contributed by atoms with E-state index in [1.165, 1.54) is 121 Å². The molecule has 15 rings (SSSR count). The van der Waals surface area contributed by atoms with Crippen LogP contribution in [0.3, 0.4) is 0 Å². The van der Waals surface area contributed by atoms with Crippen LogP contribution in [0.25, 0.3) is 87.6 Å². The summed E-state index contributed by atoms with van der Waals surface area (Å²) in [5.41, 5.74) is 22.5. The Labute approximate surface area is 531 Å². The largest absolute Gasteiger partial charge is 0.505 e. The first-order valence-corrected chi connectivity index (χ1v) is 33.8. The minimum atomic E-state index is 0.265. The quantitative estimate of drug-likeness (QED) is 0.104. The summed E-state index contributed by atoms with van der Waals surface area (Å²) in [6.07, 6.45) is 13.9. The van der Waals surface area contributed by atoms with E-state index < -0.39 is 0 Å². The molecule has 0 amide bonds. The predicted octanol–water partition coefficient (Wildman–Crippen LogP) is 25.6. The number of hydrogen-bond donors (Lipinski definition) is 1. The SMILES string of the molecule is CCc1ccccc1-c1cccc(-c2cccc(N(c3cccc(C(C)C)c3)c3cc(C4CCCCC4)c4ccc5c(N(c6cccc(C(C)C)c6)c6cccc7c6oc6c(-c8ccccc8CC)cccc67)cc(C6CCCCC6)c6ccc3c4c65)c2O)c1. The van der Waals surface area contributed by atoms with E-state index >= 15 is 0 Å². The number of nitrogens with zero attached hydrogens (tertiary/aromatic N) is 2. The Balaban J connectivity index is 1.03. The Kier molecular flexibility index (Phi) is 15.3. The van der Waals surface area contributed by atoms with E-state index in [-0.39, 0.29) is 5.75 Å². The smallest absolute Gasteiger partial charge is 0.159 e. The first-order valence-electron chi connectivity index (χ1n) is 33.8. The lowest BCUT2D eigenvalue weighted by Gasteiger charge is -2.34. The lowest BCUT2D eigenvalue weighted by molar-refractivity contribution is 0.445. The number of benzene rings is 12. The average Bonchev–Trinajstić information content (AvgIpc) is 0.861. The normalized spacial score (nSPS) is 14.4. The molecule has 4 heteroatoms. The van der Waals surface area contributed by atoms with E-state index in [0.717, 1.165) is 111 Å². The van der Waals surface area contributed by atoms with Crippen molar-refractivity contribution in [2.45, 2.75) is 142 Å². The van der Waals surface area contributed by atoms with Gasteiger partial charge in [0.1, 0.15) is 11.3 Å². The Morgan fingerprint density at radius 1 is 0.378 bits per heavy atom. The number of aromatic hydroxyl groups is 1. The third-order valence-electron chi connectivity index (χ3n) is 20.7. The fraction of sp³-hybridized carbons (Fsp3) is 0.256. The van der Waals surface area contributed by atoms with Crippen molar-refractivity contribution < 1.29 is 9.52 Å². The van der Waals surface area contributed by atoms with Crippen molar-refractivity contribution in [3.05, 3.63) is 246 Å². The van der Waals surface area contributed by atoms with Crippen LogP contribution in [0.5, 0.6) is 5.75 Å². The molecule has 1 heterocycles. The molecular weight excluding hydrogens is 1090 g/mol. The van der Waals surface area contributed by atoms with Gasteiger partial charge >= 0.3 is 0 Å². The van der Waals surface area contributed by atoms with Gasteiger partial charge < -0.3 is 19.3 Å². The van der Waals surface area contributed by atoms with Gasteiger partial charge in [-0.05, 0) is 194 Å².